The third kappa shape index (κ3) is 4.47. The van der Waals surface area contributed by atoms with E-state index in [-0.39, 0.29) is 5.91 Å². The first kappa shape index (κ1) is 15.3. The average molecular weight is 263 g/mol. The van der Waals surface area contributed by atoms with E-state index in [1.54, 1.807) is 6.92 Å². The van der Waals surface area contributed by atoms with Crippen LogP contribution in [0, 0.1) is 5.92 Å². The Morgan fingerprint density at radius 2 is 1.95 bits per heavy atom. The molecule has 19 heavy (non-hydrogen) atoms. The molecule has 0 atom stereocenters. The van der Waals surface area contributed by atoms with Crippen LogP contribution in [-0.2, 0) is 11.3 Å². The summed E-state index contributed by atoms with van der Waals surface area (Å²) in [6.45, 7) is 7.21. The van der Waals surface area contributed by atoms with Crippen LogP contribution in [0.3, 0.4) is 0 Å². The van der Waals surface area contributed by atoms with Crippen LogP contribution in [0.25, 0.3) is 0 Å². The van der Waals surface area contributed by atoms with E-state index in [9.17, 15) is 4.79 Å². The minimum atomic E-state index is 0.0980. The van der Waals surface area contributed by atoms with Crippen LogP contribution in [0.5, 0.6) is 0 Å². The van der Waals surface area contributed by atoms with Gasteiger partial charge in [0, 0.05) is 45.5 Å². The first-order chi connectivity index (χ1) is 8.81. The zero-order valence-corrected chi connectivity index (χ0v) is 12.6. The average Bonchev–Trinajstić information content (AvgIpc) is 2.26. The molecule has 106 valence electrons. The lowest BCUT2D eigenvalue weighted by Crippen LogP contribution is -2.32. The van der Waals surface area contributed by atoms with Gasteiger partial charge in [0.1, 0.15) is 0 Å². The van der Waals surface area contributed by atoms with Crippen molar-refractivity contribution in [1.82, 2.24) is 4.90 Å². The zero-order chi connectivity index (χ0) is 14.6. The number of carbonyl (C=O) groups excluding carboxylic acids is 1. The lowest BCUT2D eigenvalue weighted by atomic mass is 10.1. The van der Waals surface area contributed by atoms with Gasteiger partial charge >= 0.3 is 0 Å². The van der Waals surface area contributed by atoms with Gasteiger partial charge in [0.05, 0.1) is 0 Å². The Morgan fingerprint density at radius 3 is 2.42 bits per heavy atom. The fraction of sp³-hybridized carbons (Fsp3) is 0.533. The van der Waals surface area contributed by atoms with Crippen LogP contribution >= 0.6 is 0 Å². The van der Waals surface area contributed by atoms with E-state index in [0.717, 1.165) is 23.5 Å². The highest BCUT2D eigenvalue weighted by Crippen LogP contribution is 2.23. The van der Waals surface area contributed by atoms with E-state index in [2.05, 4.69) is 13.8 Å². The minimum absolute atomic E-state index is 0.0980. The van der Waals surface area contributed by atoms with Crippen molar-refractivity contribution in [3.8, 4) is 0 Å². The summed E-state index contributed by atoms with van der Waals surface area (Å²) in [6.07, 6.45) is 0. The Kier molecular flexibility index (Phi) is 5.21. The molecule has 1 aromatic rings. The highest BCUT2D eigenvalue weighted by Gasteiger charge is 2.14. The van der Waals surface area contributed by atoms with Gasteiger partial charge in [-0.2, -0.15) is 0 Å². The zero-order valence-electron chi connectivity index (χ0n) is 12.6. The van der Waals surface area contributed by atoms with E-state index in [0.29, 0.717) is 12.5 Å². The molecule has 0 fully saturated rings. The fourth-order valence-corrected chi connectivity index (χ4v) is 2.12. The molecule has 0 aliphatic heterocycles. The van der Waals surface area contributed by atoms with Crippen LogP contribution in [0.1, 0.15) is 26.3 Å². The van der Waals surface area contributed by atoms with Gasteiger partial charge in [-0.25, -0.2) is 0 Å². The maximum absolute atomic E-state index is 11.7. The Labute approximate surface area is 116 Å². The predicted molar refractivity (Wildman–Crippen MR) is 81.1 cm³/mol. The number of nitrogens with zero attached hydrogens (tertiary/aromatic N) is 2. The lowest BCUT2D eigenvalue weighted by Gasteiger charge is -2.26. The number of rotatable bonds is 5. The quantitative estimate of drug-likeness (QED) is 0.830. The number of hydrogen-bond donors (Lipinski definition) is 1. The molecule has 0 aliphatic carbocycles. The number of carbonyl (C=O) groups is 1. The van der Waals surface area contributed by atoms with E-state index in [4.69, 9.17) is 5.73 Å². The molecule has 1 amide bonds. The summed E-state index contributed by atoms with van der Waals surface area (Å²) >= 11 is 0. The monoisotopic (exact) mass is 263 g/mol. The predicted octanol–water partition coefficient (Wildman–Crippen LogP) is 2.34. The van der Waals surface area contributed by atoms with Crippen molar-refractivity contribution in [2.24, 2.45) is 5.92 Å². The summed E-state index contributed by atoms with van der Waals surface area (Å²) in [5.74, 6) is 0.550. The van der Waals surface area contributed by atoms with Crippen LogP contribution in [-0.4, -0.2) is 31.4 Å². The van der Waals surface area contributed by atoms with Gasteiger partial charge in [-0.15, -0.1) is 0 Å². The van der Waals surface area contributed by atoms with E-state index in [1.165, 1.54) is 0 Å². The Morgan fingerprint density at radius 1 is 1.32 bits per heavy atom. The largest absolute Gasteiger partial charge is 0.399 e. The highest BCUT2D eigenvalue weighted by molar-refractivity contribution is 5.73. The molecule has 0 aromatic heterocycles. The molecule has 0 unspecified atom stereocenters. The van der Waals surface area contributed by atoms with Gasteiger partial charge in [-0.3, -0.25) is 4.79 Å². The number of amides is 1. The van der Waals surface area contributed by atoms with E-state index in [1.807, 2.05) is 42.1 Å². The van der Waals surface area contributed by atoms with Gasteiger partial charge in [0.2, 0.25) is 5.91 Å². The maximum Gasteiger partial charge on any atom is 0.219 e. The molecule has 0 saturated carbocycles. The Hall–Kier alpha value is -1.71. The van der Waals surface area contributed by atoms with Crippen molar-refractivity contribution < 1.29 is 4.79 Å². The second-order valence-electron chi connectivity index (χ2n) is 5.58. The van der Waals surface area contributed by atoms with E-state index >= 15 is 0 Å². The minimum Gasteiger partial charge on any atom is -0.399 e. The first-order valence-electron chi connectivity index (χ1n) is 6.62. The lowest BCUT2D eigenvalue weighted by molar-refractivity contribution is -0.129. The summed E-state index contributed by atoms with van der Waals surface area (Å²) in [6, 6.07) is 5.84. The molecular formula is C15H25N3O. The Balaban J connectivity index is 3.01. The van der Waals surface area contributed by atoms with Crippen molar-refractivity contribution in [2.45, 2.75) is 27.3 Å². The van der Waals surface area contributed by atoms with Crippen LogP contribution in [0.2, 0.25) is 0 Å². The summed E-state index contributed by atoms with van der Waals surface area (Å²) in [7, 11) is 3.99. The molecule has 0 radical (unpaired) electrons. The molecule has 0 heterocycles. The van der Waals surface area contributed by atoms with E-state index < -0.39 is 0 Å². The van der Waals surface area contributed by atoms with Crippen LogP contribution in [0.15, 0.2) is 18.2 Å². The van der Waals surface area contributed by atoms with Crippen molar-refractivity contribution in [3.05, 3.63) is 23.8 Å². The molecule has 1 rings (SSSR count). The summed E-state index contributed by atoms with van der Waals surface area (Å²) < 4.78 is 0. The number of nitrogen functional groups attached to an aromatic ring is 1. The van der Waals surface area contributed by atoms with Gasteiger partial charge in [0.15, 0.2) is 0 Å². The number of nitrogens with two attached hydrogens (primary N) is 1. The topological polar surface area (TPSA) is 49.6 Å². The second-order valence-corrected chi connectivity index (χ2v) is 5.58. The number of anilines is 2. The third-order valence-electron chi connectivity index (χ3n) is 2.98. The number of benzene rings is 1. The first-order valence-corrected chi connectivity index (χ1v) is 6.62. The van der Waals surface area contributed by atoms with Crippen molar-refractivity contribution in [1.29, 1.82) is 0 Å². The molecule has 0 saturated heterocycles. The van der Waals surface area contributed by atoms with Crippen LogP contribution < -0.4 is 10.6 Å². The fourth-order valence-electron chi connectivity index (χ4n) is 2.12. The van der Waals surface area contributed by atoms with Crippen LogP contribution in [0.4, 0.5) is 11.4 Å². The molecular weight excluding hydrogens is 238 g/mol. The van der Waals surface area contributed by atoms with Gasteiger partial charge in [-0.1, -0.05) is 13.8 Å². The van der Waals surface area contributed by atoms with Gasteiger partial charge in [0.25, 0.3) is 0 Å². The van der Waals surface area contributed by atoms with Gasteiger partial charge in [-0.05, 0) is 29.7 Å². The number of hydrogen-bond acceptors (Lipinski definition) is 3. The SMILES string of the molecule is CC(=O)N(Cc1cc(N)ccc1N(C)C)CC(C)C. The Bertz CT molecular complexity index is 441. The van der Waals surface area contributed by atoms with Crippen molar-refractivity contribution in [2.75, 3.05) is 31.3 Å². The second kappa shape index (κ2) is 6.45. The standard InChI is InChI=1S/C15H25N3O/c1-11(2)9-18(12(3)19)10-13-8-14(16)6-7-15(13)17(4)5/h6-8,11H,9-10,16H2,1-5H3. The highest BCUT2D eigenvalue weighted by atomic mass is 16.2. The molecule has 0 spiro atoms. The molecule has 2 N–H and O–H groups in total. The summed E-state index contributed by atoms with van der Waals surface area (Å²) in [5, 5.41) is 0. The molecule has 4 heteroatoms. The molecule has 1 aromatic carbocycles. The summed E-state index contributed by atoms with van der Waals surface area (Å²) in [5.41, 5.74) is 8.77. The van der Waals surface area contributed by atoms with Crippen molar-refractivity contribution in [3.63, 3.8) is 0 Å². The molecule has 0 aliphatic rings. The van der Waals surface area contributed by atoms with Gasteiger partial charge < -0.3 is 15.5 Å². The molecule has 0 bridgehead atoms. The summed E-state index contributed by atoms with van der Waals surface area (Å²) in [4.78, 5) is 15.6. The normalized spacial score (nSPS) is 10.6. The third-order valence-corrected chi connectivity index (χ3v) is 2.98. The smallest absolute Gasteiger partial charge is 0.219 e. The molecule has 4 nitrogen and oxygen atoms in total. The van der Waals surface area contributed by atoms with Crippen molar-refractivity contribution >= 4 is 17.3 Å². The maximum atomic E-state index is 11.7.